The highest BCUT2D eigenvalue weighted by Crippen LogP contribution is 2.28. The lowest BCUT2D eigenvalue weighted by Crippen LogP contribution is -2.42. The molecule has 1 amide bonds. The van der Waals surface area contributed by atoms with Crippen molar-refractivity contribution in [3.8, 4) is 0 Å². The first-order chi connectivity index (χ1) is 11.3. The van der Waals surface area contributed by atoms with E-state index in [2.05, 4.69) is 35.0 Å². The van der Waals surface area contributed by atoms with Crippen LogP contribution in [0.2, 0.25) is 0 Å². The van der Waals surface area contributed by atoms with Crippen molar-refractivity contribution in [1.29, 1.82) is 0 Å². The summed E-state index contributed by atoms with van der Waals surface area (Å²) < 4.78 is 0. The quantitative estimate of drug-likeness (QED) is 0.757. The van der Waals surface area contributed by atoms with Crippen LogP contribution in [0.25, 0.3) is 10.9 Å². The molecule has 1 heterocycles. The van der Waals surface area contributed by atoms with E-state index in [9.17, 15) is 4.79 Å². The SMILES string of the molecule is CCN(C(=O)CSc1cccc2cccnc12)C1CCCCC1. The number of amides is 1. The van der Waals surface area contributed by atoms with Crippen LogP contribution >= 0.6 is 11.8 Å². The monoisotopic (exact) mass is 328 g/mol. The van der Waals surface area contributed by atoms with Crippen molar-refractivity contribution in [3.05, 3.63) is 36.5 Å². The summed E-state index contributed by atoms with van der Waals surface area (Å²) in [6, 6.07) is 10.6. The molecule has 122 valence electrons. The molecule has 1 saturated carbocycles. The van der Waals surface area contributed by atoms with Crippen LogP contribution in [0.4, 0.5) is 0 Å². The number of hydrogen-bond acceptors (Lipinski definition) is 3. The van der Waals surface area contributed by atoms with E-state index in [1.165, 1.54) is 32.1 Å². The number of hydrogen-bond donors (Lipinski definition) is 0. The van der Waals surface area contributed by atoms with Crippen molar-refractivity contribution < 1.29 is 4.79 Å². The average Bonchev–Trinajstić information content (AvgIpc) is 2.61. The van der Waals surface area contributed by atoms with Gasteiger partial charge in [-0.25, -0.2) is 0 Å². The Kier molecular flexibility index (Phi) is 5.55. The Morgan fingerprint density at radius 2 is 2.00 bits per heavy atom. The normalized spacial score (nSPS) is 15.7. The topological polar surface area (TPSA) is 33.2 Å². The van der Waals surface area contributed by atoms with Gasteiger partial charge in [0.1, 0.15) is 0 Å². The third kappa shape index (κ3) is 3.86. The standard InChI is InChI=1S/C19H24N2OS/c1-2-21(16-10-4-3-5-11-16)18(22)14-23-17-12-6-8-15-9-7-13-20-19(15)17/h6-9,12-13,16H,2-5,10-11,14H2,1H3. The molecule has 0 radical (unpaired) electrons. The summed E-state index contributed by atoms with van der Waals surface area (Å²) >= 11 is 1.61. The molecule has 1 aliphatic rings. The highest BCUT2D eigenvalue weighted by molar-refractivity contribution is 8.00. The smallest absolute Gasteiger partial charge is 0.233 e. The summed E-state index contributed by atoms with van der Waals surface area (Å²) in [7, 11) is 0. The van der Waals surface area contributed by atoms with Gasteiger partial charge in [-0.15, -0.1) is 11.8 Å². The number of fused-ring (bicyclic) bond motifs is 1. The minimum Gasteiger partial charge on any atom is -0.339 e. The molecule has 0 atom stereocenters. The zero-order valence-electron chi connectivity index (χ0n) is 13.7. The zero-order chi connectivity index (χ0) is 16.1. The fourth-order valence-electron chi connectivity index (χ4n) is 3.45. The molecule has 23 heavy (non-hydrogen) atoms. The molecule has 3 nitrogen and oxygen atoms in total. The van der Waals surface area contributed by atoms with E-state index in [1.807, 2.05) is 18.3 Å². The van der Waals surface area contributed by atoms with E-state index in [-0.39, 0.29) is 5.91 Å². The van der Waals surface area contributed by atoms with E-state index in [0.717, 1.165) is 22.3 Å². The summed E-state index contributed by atoms with van der Waals surface area (Å²) in [5.74, 6) is 0.761. The van der Waals surface area contributed by atoms with E-state index in [4.69, 9.17) is 0 Å². The number of para-hydroxylation sites is 1. The van der Waals surface area contributed by atoms with Gasteiger partial charge in [0.15, 0.2) is 0 Å². The van der Waals surface area contributed by atoms with Gasteiger partial charge in [-0.3, -0.25) is 9.78 Å². The molecule has 1 fully saturated rings. The van der Waals surface area contributed by atoms with Crippen LogP contribution in [0.5, 0.6) is 0 Å². The fourth-order valence-corrected chi connectivity index (χ4v) is 4.37. The van der Waals surface area contributed by atoms with Crippen molar-refractivity contribution in [1.82, 2.24) is 9.88 Å². The van der Waals surface area contributed by atoms with Gasteiger partial charge in [-0.2, -0.15) is 0 Å². The molecule has 0 unspecified atom stereocenters. The second kappa shape index (κ2) is 7.82. The molecule has 0 saturated heterocycles. The molecule has 0 bridgehead atoms. The summed E-state index contributed by atoms with van der Waals surface area (Å²) in [4.78, 5) is 20.3. The van der Waals surface area contributed by atoms with Crippen LogP contribution in [0, 0.1) is 0 Å². The Balaban J connectivity index is 1.67. The van der Waals surface area contributed by atoms with Gasteiger partial charge in [0.25, 0.3) is 0 Å². The highest BCUT2D eigenvalue weighted by Gasteiger charge is 2.24. The van der Waals surface area contributed by atoms with Crippen LogP contribution in [0.15, 0.2) is 41.4 Å². The number of pyridine rings is 1. The predicted molar refractivity (Wildman–Crippen MR) is 96.7 cm³/mol. The number of carbonyl (C=O) groups is 1. The zero-order valence-corrected chi connectivity index (χ0v) is 14.5. The number of nitrogens with zero attached hydrogens (tertiary/aromatic N) is 2. The van der Waals surface area contributed by atoms with Crippen LogP contribution < -0.4 is 0 Å². The van der Waals surface area contributed by atoms with Crippen molar-refractivity contribution in [2.75, 3.05) is 12.3 Å². The Labute approximate surface area is 142 Å². The van der Waals surface area contributed by atoms with Gasteiger partial charge in [0, 0.05) is 29.1 Å². The van der Waals surface area contributed by atoms with E-state index < -0.39 is 0 Å². The third-order valence-corrected chi connectivity index (χ3v) is 5.66. The lowest BCUT2D eigenvalue weighted by molar-refractivity contribution is -0.131. The summed E-state index contributed by atoms with van der Waals surface area (Å²) in [5.41, 5.74) is 0.994. The molecule has 3 rings (SSSR count). The van der Waals surface area contributed by atoms with Crippen LogP contribution in [0.3, 0.4) is 0 Å². The molecule has 1 aliphatic carbocycles. The first-order valence-corrected chi connectivity index (χ1v) is 9.54. The third-order valence-electron chi connectivity index (χ3n) is 4.62. The largest absolute Gasteiger partial charge is 0.339 e. The molecule has 2 aromatic rings. The van der Waals surface area contributed by atoms with Gasteiger partial charge >= 0.3 is 0 Å². The lowest BCUT2D eigenvalue weighted by atomic mass is 9.94. The van der Waals surface area contributed by atoms with Crippen molar-refractivity contribution >= 4 is 28.6 Å². The predicted octanol–water partition coefficient (Wildman–Crippen LogP) is 4.51. The maximum atomic E-state index is 12.7. The number of aromatic nitrogens is 1. The first-order valence-electron chi connectivity index (χ1n) is 8.55. The van der Waals surface area contributed by atoms with Crippen molar-refractivity contribution in [2.24, 2.45) is 0 Å². The second-order valence-corrected chi connectivity index (χ2v) is 7.11. The maximum Gasteiger partial charge on any atom is 0.233 e. The highest BCUT2D eigenvalue weighted by atomic mass is 32.2. The lowest BCUT2D eigenvalue weighted by Gasteiger charge is -2.33. The Morgan fingerprint density at radius 1 is 1.22 bits per heavy atom. The van der Waals surface area contributed by atoms with Crippen LogP contribution in [0.1, 0.15) is 39.0 Å². The summed E-state index contributed by atoms with van der Waals surface area (Å²) in [6.07, 6.45) is 7.98. The van der Waals surface area contributed by atoms with E-state index in [1.54, 1.807) is 11.8 Å². The van der Waals surface area contributed by atoms with Gasteiger partial charge in [0.2, 0.25) is 5.91 Å². The molecule has 0 spiro atoms. The van der Waals surface area contributed by atoms with Crippen molar-refractivity contribution in [2.45, 2.75) is 50.0 Å². The fraction of sp³-hybridized carbons (Fsp3) is 0.474. The number of rotatable bonds is 5. The van der Waals surface area contributed by atoms with Gasteiger partial charge in [0.05, 0.1) is 11.3 Å². The molecular formula is C19H24N2OS. The van der Waals surface area contributed by atoms with Gasteiger partial charge < -0.3 is 4.90 Å². The molecule has 0 N–H and O–H groups in total. The number of thioether (sulfide) groups is 1. The molecular weight excluding hydrogens is 304 g/mol. The molecule has 4 heteroatoms. The summed E-state index contributed by atoms with van der Waals surface area (Å²) in [5, 5.41) is 1.13. The Bertz CT molecular complexity index is 662. The summed E-state index contributed by atoms with van der Waals surface area (Å²) in [6.45, 7) is 2.91. The van der Waals surface area contributed by atoms with Crippen molar-refractivity contribution in [3.63, 3.8) is 0 Å². The molecule has 1 aromatic carbocycles. The first kappa shape index (κ1) is 16.3. The second-order valence-electron chi connectivity index (χ2n) is 6.09. The van der Waals surface area contributed by atoms with E-state index in [0.29, 0.717) is 11.8 Å². The number of benzene rings is 1. The minimum atomic E-state index is 0.261. The van der Waals surface area contributed by atoms with Crippen LogP contribution in [-0.4, -0.2) is 34.1 Å². The van der Waals surface area contributed by atoms with Crippen LogP contribution in [-0.2, 0) is 4.79 Å². The average molecular weight is 328 g/mol. The molecule has 0 aliphatic heterocycles. The Morgan fingerprint density at radius 3 is 2.78 bits per heavy atom. The maximum absolute atomic E-state index is 12.7. The van der Waals surface area contributed by atoms with E-state index >= 15 is 0 Å². The number of carbonyl (C=O) groups excluding carboxylic acids is 1. The minimum absolute atomic E-state index is 0.261. The molecule has 1 aromatic heterocycles. The van der Waals surface area contributed by atoms with Gasteiger partial charge in [-0.05, 0) is 31.9 Å². The van der Waals surface area contributed by atoms with Gasteiger partial charge in [-0.1, -0.05) is 37.5 Å². The Hall–Kier alpha value is -1.55.